The zero-order valence-corrected chi connectivity index (χ0v) is 21.5. The summed E-state index contributed by atoms with van der Waals surface area (Å²) in [7, 11) is -3.75. The normalized spacial score (nSPS) is 18.2. The van der Waals surface area contributed by atoms with E-state index in [1.807, 2.05) is 31.2 Å². The highest BCUT2D eigenvalue weighted by Crippen LogP contribution is 2.58. The summed E-state index contributed by atoms with van der Waals surface area (Å²) in [5.74, 6) is 0.732. The average molecular weight is 472 g/mol. The van der Waals surface area contributed by atoms with E-state index >= 15 is 0 Å². The molecule has 33 heavy (non-hydrogen) atoms. The van der Waals surface area contributed by atoms with Gasteiger partial charge >= 0.3 is 0 Å². The number of sulfonamides is 1. The number of aryl methyl sites for hydroxylation is 1. The van der Waals surface area contributed by atoms with Crippen LogP contribution in [0, 0.1) is 12.3 Å². The minimum absolute atomic E-state index is 0.186. The van der Waals surface area contributed by atoms with Crippen molar-refractivity contribution < 1.29 is 12.8 Å². The Morgan fingerprint density at radius 2 is 1.58 bits per heavy atom. The van der Waals surface area contributed by atoms with Gasteiger partial charge in [-0.2, -0.15) is 0 Å². The standard InChI is InChI=1S/C28H41NO3S/c1-5-7-9-11-19-28(20-12-10-8-6-2)22-24(4)29(27(28)26-14-13-21-32-26)33(30,31)25-17-15-23(3)16-18-25/h13-18,21,27H,4-12,19-20,22H2,1-3H3. The zero-order valence-electron chi connectivity index (χ0n) is 20.7. The van der Waals surface area contributed by atoms with E-state index in [1.54, 1.807) is 22.7 Å². The van der Waals surface area contributed by atoms with Gasteiger partial charge in [-0.25, -0.2) is 8.42 Å². The van der Waals surface area contributed by atoms with Crippen molar-refractivity contribution >= 4 is 10.0 Å². The summed E-state index contributed by atoms with van der Waals surface area (Å²) in [6.45, 7) is 10.7. The Bertz CT molecular complexity index is 965. The molecule has 0 bridgehead atoms. The van der Waals surface area contributed by atoms with Gasteiger partial charge in [0.15, 0.2) is 0 Å². The van der Waals surface area contributed by atoms with Crippen molar-refractivity contribution in [2.24, 2.45) is 5.41 Å². The Balaban J connectivity index is 2.02. The fourth-order valence-corrected chi connectivity index (χ4v) is 7.11. The van der Waals surface area contributed by atoms with Crippen LogP contribution in [0.5, 0.6) is 0 Å². The molecule has 4 nitrogen and oxygen atoms in total. The van der Waals surface area contributed by atoms with E-state index in [1.165, 1.54) is 38.5 Å². The maximum absolute atomic E-state index is 13.9. The van der Waals surface area contributed by atoms with E-state index in [0.29, 0.717) is 17.0 Å². The van der Waals surface area contributed by atoms with Crippen LogP contribution in [0.4, 0.5) is 0 Å². The van der Waals surface area contributed by atoms with Crippen molar-refractivity contribution in [3.8, 4) is 0 Å². The monoisotopic (exact) mass is 471 g/mol. The van der Waals surface area contributed by atoms with Gasteiger partial charge in [0.05, 0.1) is 11.2 Å². The van der Waals surface area contributed by atoms with Crippen molar-refractivity contribution in [3.05, 3.63) is 66.3 Å². The van der Waals surface area contributed by atoms with E-state index < -0.39 is 10.0 Å². The van der Waals surface area contributed by atoms with E-state index in [9.17, 15) is 8.42 Å². The van der Waals surface area contributed by atoms with Gasteiger partial charge in [0.1, 0.15) is 11.8 Å². The number of furan rings is 1. The summed E-state index contributed by atoms with van der Waals surface area (Å²) in [6.07, 6.45) is 13.7. The maximum atomic E-state index is 13.9. The first-order chi connectivity index (χ1) is 15.9. The number of hydrogen-bond acceptors (Lipinski definition) is 3. The molecule has 1 atom stereocenters. The van der Waals surface area contributed by atoms with Gasteiger partial charge in [0.25, 0.3) is 10.0 Å². The van der Waals surface area contributed by atoms with Crippen LogP contribution in [0.25, 0.3) is 0 Å². The van der Waals surface area contributed by atoms with Gasteiger partial charge in [-0.3, -0.25) is 4.31 Å². The molecule has 182 valence electrons. The zero-order chi connectivity index (χ0) is 23.9. The number of hydrogen-bond donors (Lipinski definition) is 0. The second-order valence-corrected chi connectivity index (χ2v) is 11.6. The molecule has 2 heterocycles. The third-order valence-corrected chi connectivity index (χ3v) is 8.98. The summed E-state index contributed by atoms with van der Waals surface area (Å²) >= 11 is 0. The summed E-state index contributed by atoms with van der Waals surface area (Å²) < 4.78 is 35.4. The van der Waals surface area contributed by atoms with Crippen LogP contribution >= 0.6 is 0 Å². The van der Waals surface area contributed by atoms with E-state index in [4.69, 9.17) is 4.42 Å². The predicted octanol–water partition coefficient (Wildman–Crippen LogP) is 8.16. The molecular weight excluding hydrogens is 430 g/mol. The van der Waals surface area contributed by atoms with Crippen LogP contribution in [0.3, 0.4) is 0 Å². The van der Waals surface area contributed by atoms with Crippen LogP contribution in [0.15, 0.2) is 64.2 Å². The maximum Gasteiger partial charge on any atom is 0.264 e. The topological polar surface area (TPSA) is 50.5 Å². The molecule has 1 aromatic heterocycles. The summed E-state index contributed by atoms with van der Waals surface area (Å²) in [5.41, 5.74) is 1.54. The first-order valence-electron chi connectivity index (χ1n) is 12.7. The average Bonchev–Trinajstić information content (AvgIpc) is 3.41. The molecule has 0 aliphatic carbocycles. The number of unbranched alkanes of at least 4 members (excludes halogenated alkanes) is 6. The second kappa shape index (κ2) is 11.4. The lowest BCUT2D eigenvalue weighted by Crippen LogP contribution is -2.35. The summed E-state index contributed by atoms with van der Waals surface area (Å²) in [6, 6.07) is 10.6. The van der Waals surface area contributed by atoms with Crippen molar-refractivity contribution in [1.29, 1.82) is 0 Å². The molecule has 1 fully saturated rings. The summed E-state index contributed by atoms with van der Waals surface area (Å²) in [5, 5.41) is 0. The highest BCUT2D eigenvalue weighted by Gasteiger charge is 2.54. The fourth-order valence-electron chi connectivity index (χ4n) is 5.39. The molecule has 0 saturated carbocycles. The lowest BCUT2D eigenvalue weighted by Gasteiger charge is -2.37. The smallest absolute Gasteiger partial charge is 0.264 e. The van der Waals surface area contributed by atoms with E-state index in [-0.39, 0.29) is 11.5 Å². The molecule has 1 aliphatic heterocycles. The second-order valence-electron chi connectivity index (χ2n) is 9.76. The molecule has 0 N–H and O–H groups in total. The molecule has 1 aliphatic rings. The lowest BCUT2D eigenvalue weighted by molar-refractivity contribution is 0.145. The minimum Gasteiger partial charge on any atom is -0.467 e. The highest BCUT2D eigenvalue weighted by atomic mass is 32.2. The quantitative estimate of drug-likeness (QED) is 0.277. The first kappa shape index (κ1) is 25.6. The lowest BCUT2D eigenvalue weighted by atomic mass is 9.71. The molecule has 0 spiro atoms. The third-order valence-electron chi connectivity index (χ3n) is 7.13. The molecule has 0 radical (unpaired) electrons. The van der Waals surface area contributed by atoms with Crippen LogP contribution in [0.1, 0.15) is 102 Å². The van der Waals surface area contributed by atoms with Crippen LogP contribution in [-0.4, -0.2) is 12.7 Å². The molecule has 5 heteroatoms. The van der Waals surface area contributed by atoms with Crippen LogP contribution in [-0.2, 0) is 10.0 Å². The minimum atomic E-state index is -3.75. The number of rotatable bonds is 13. The van der Waals surface area contributed by atoms with Crippen molar-refractivity contribution in [1.82, 2.24) is 4.31 Å². The summed E-state index contributed by atoms with van der Waals surface area (Å²) in [4.78, 5) is 0.318. The molecule has 0 amide bonds. The molecule has 1 saturated heterocycles. The van der Waals surface area contributed by atoms with Gasteiger partial charge in [-0.1, -0.05) is 89.5 Å². The Morgan fingerprint density at radius 3 is 2.09 bits per heavy atom. The van der Waals surface area contributed by atoms with Gasteiger partial charge in [-0.15, -0.1) is 0 Å². The Labute approximate surface area is 201 Å². The fraction of sp³-hybridized carbons (Fsp3) is 0.571. The number of allylic oxidation sites excluding steroid dienone is 1. The van der Waals surface area contributed by atoms with E-state index in [0.717, 1.165) is 37.0 Å². The first-order valence-corrected chi connectivity index (χ1v) is 14.1. The molecule has 1 aromatic carbocycles. The van der Waals surface area contributed by atoms with Gasteiger partial charge < -0.3 is 4.42 Å². The van der Waals surface area contributed by atoms with E-state index in [2.05, 4.69) is 20.4 Å². The van der Waals surface area contributed by atoms with Gasteiger partial charge in [-0.05, 0) is 50.5 Å². The molecule has 2 aromatic rings. The van der Waals surface area contributed by atoms with Crippen molar-refractivity contribution in [2.75, 3.05) is 0 Å². The Morgan fingerprint density at radius 1 is 0.970 bits per heavy atom. The molecule has 1 unspecified atom stereocenters. The molecule has 3 rings (SSSR count). The van der Waals surface area contributed by atoms with Crippen molar-refractivity contribution in [3.63, 3.8) is 0 Å². The third kappa shape index (κ3) is 5.74. The number of nitrogens with zero attached hydrogens (tertiary/aromatic N) is 1. The van der Waals surface area contributed by atoms with Crippen LogP contribution < -0.4 is 0 Å². The largest absolute Gasteiger partial charge is 0.467 e. The van der Waals surface area contributed by atoms with Gasteiger partial charge in [0.2, 0.25) is 0 Å². The highest BCUT2D eigenvalue weighted by molar-refractivity contribution is 7.89. The van der Waals surface area contributed by atoms with Gasteiger partial charge in [0, 0.05) is 11.1 Å². The SMILES string of the molecule is C=C1CC(CCCCCC)(CCCCCC)C(c2ccco2)N1S(=O)(=O)c1ccc(C)cc1. The molecular formula is C28H41NO3S. The van der Waals surface area contributed by atoms with Crippen molar-refractivity contribution in [2.45, 2.75) is 102 Å². The Hall–Kier alpha value is -2.01. The predicted molar refractivity (Wildman–Crippen MR) is 135 cm³/mol. The Kier molecular flexibility index (Phi) is 8.86. The number of benzene rings is 1. The van der Waals surface area contributed by atoms with Crippen LogP contribution in [0.2, 0.25) is 0 Å².